The summed E-state index contributed by atoms with van der Waals surface area (Å²) in [6, 6.07) is 0. The van der Waals surface area contributed by atoms with Gasteiger partial charge >= 0.3 is 0 Å². The quantitative estimate of drug-likeness (QED) is 0.733. The van der Waals surface area contributed by atoms with Crippen molar-refractivity contribution in [1.29, 1.82) is 0 Å². The Hall–Kier alpha value is -0.650. The van der Waals surface area contributed by atoms with E-state index in [4.69, 9.17) is 5.73 Å². The highest BCUT2D eigenvalue weighted by atomic mass is 16.1. The van der Waals surface area contributed by atoms with Crippen molar-refractivity contribution in [3.8, 4) is 0 Å². The molecule has 1 unspecified atom stereocenters. The second kappa shape index (κ2) is 6.87. The molecule has 2 fully saturated rings. The molecule has 2 saturated heterocycles. The molecule has 0 spiro atoms. The predicted molar refractivity (Wildman–Crippen MR) is 81.5 cm³/mol. The van der Waals surface area contributed by atoms with E-state index >= 15 is 0 Å². The Labute approximate surface area is 122 Å². The van der Waals surface area contributed by atoms with E-state index in [1.165, 1.54) is 45.3 Å². The molecule has 0 bridgehead atoms. The topological polar surface area (TPSA) is 61.6 Å². The smallest absolute Gasteiger partial charge is 0.238 e. The summed E-state index contributed by atoms with van der Waals surface area (Å²) in [5, 5.41) is 3.07. The minimum absolute atomic E-state index is 0.265. The van der Waals surface area contributed by atoms with Crippen LogP contribution < -0.4 is 11.1 Å². The van der Waals surface area contributed by atoms with Crippen LogP contribution in [0.4, 0.5) is 0 Å². The van der Waals surface area contributed by atoms with Crippen LogP contribution in [0.1, 0.15) is 32.6 Å². The molecule has 0 saturated carbocycles. The van der Waals surface area contributed by atoms with Crippen LogP contribution in [-0.2, 0) is 4.79 Å². The molecule has 2 aliphatic heterocycles. The van der Waals surface area contributed by atoms with Crippen LogP contribution in [0.2, 0.25) is 0 Å². The number of nitrogens with zero attached hydrogens (tertiary/aromatic N) is 2. The van der Waals surface area contributed by atoms with E-state index in [0.29, 0.717) is 0 Å². The van der Waals surface area contributed by atoms with Gasteiger partial charge < -0.3 is 20.9 Å². The molecular weight excluding hydrogens is 252 g/mol. The fraction of sp³-hybridized carbons (Fsp3) is 0.933. The molecule has 1 amide bonds. The molecule has 5 heteroatoms. The van der Waals surface area contributed by atoms with E-state index in [-0.39, 0.29) is 5.91 Å². The van der Waals surface area contributed by atoms with E-state index in [1.54, 1.807) is 0 Å². The maximum Gasteiger partial charge on any atom is 0.238 e. The maximum atomic E-state index is 11.5. The zero-order valence-electron chi connectivity index (χ0n) is 13.0. The van der Waals surface area contributed by atoms with E-state index in [9.17, 15) is 4.79 Å². The highest BCUT2D eigenvalue weighted by molar-refractivity contribution is 5.84. The molecule has 0 aliphatic carbocycles. The van der Waals surface area contributed by atoms with Crippen molar-refractivity contribution in [3.05, 3.63) is 0 Å². The Morgan fingerprint density at radius 2 is 1.80 bits per heavy atom. The number of primary amides is 1. The number of piperidine rings is 1. The third-order valence-electron chi connectivity index (χ3n) is 5.06. The third-order valence-corrected chi connectivity index (χ3v) is 5.06. The van der Waals surface area contributed by atoms with E-state index < -0.39 is 5.54 Å². The number of nitrogens with one attached hydrogen (secondary N) is 1. The van der Waals surface area contributed by atoms with Crippen LogP contribution in [0.25, 0.3) is 0 Å². The average molecular weight is 282 g/mol. The Balaban J connectivity index is 1.74. The number of nitrogens with two attached hydrogens (primary N) is 1. The number of amides is 1. The predicted octanol–water partition coefficient (Wildman–Crippen LogP) is 0.258. The van der Waals surface area contributed by atoms with Gasteiger partial charge in [0.2, 0.25) is 5.91 Å². The number of carbonyl (C=O) groups is 1. The zero-order valence-corrected chi connectivity index (χ0v) is 13.0. The summed E-state index contributed by atoms with van der Waals surface area (Å²) >= 11 is 0. The molecule has 5 nitrogen and oxygen atoms in total. The van der Waals surface area contributed by atoms with Gasteiger partial charge in [0.25, 0.3) is 0 Å². The highest BCUT2D eigenvalue weighted by Gasteiger charge is 2.33. The number of hydrogen-bond acceptors (Lipinski definition) is 4. The largest absolute Gasteiger partial charge is 0.368 e. The van der Waals surface area contributed by atoms with Gasteiger partial charge in [-0.2, -0.15) is 0 Å². The second-order valence-electron chi connectivity index (χ2n) is 6.67. The summed E-state index contributed by atoms with van der Waals surface area (Å²) in [7, 11) is 1.81. The summed E-state index contributed by atoms with van der Waals surface area (Å²) < 4.78 is 0. The summed E-state index contributed by atoms with van der Waals surface area (Å²) in [5.41, 5.74) is 4.89. The minimum atomic E-state index is -0.609. The molecule has 0 aromatic heterocycles. The lowest BCUT2D eigenvalue weighted by Crippen LogP contribution is -2.59. The van der Waals surface area contributed by atoms with Crippen molar-refractivity contribution < 1.29 is 4.79 Å². The number of rotatable bonds is 6. The number of likely N-dealkylation sites (N-methyl/N-ethyl adjacent to an activating group) is 1. The zero-order chi connectivity index (χ0) is 14.6. The van der Waals surface area contributed by atoms with Crippen LogP contribution in [-0.4, -0.2) is 67.6 Å². The van der Waals surface area contributed by atoms with Crippen LogP contribution in [0.15, 0.2) is 0 Å². The van der Waals surface area contributed by atoms with Crippen molar-refractivity contribution >= 4 is 5.91 Å². The molecule has 116 valence electrons. The summed E-state index contributed by atoms with van der Waals surface area (Å²) in [4.78, 5) is 16.5. The Kier molecular flexibility index (Phi) is 5.41. The lowest BCUT2D eigenvalue weighted by molar-refractivity contribution is -0.124. The summed E-state index contributed by atoms with van der Waals surface area (Å²) in [6.45, 7) is 8.64. The molecule has 2 aliphatic rings. The van der Waals surface area contributed by atoms with Gasteiger partial charge in [-0.15, -0.1) is 0 Å². The van der Waals surface area contributed by atoms with Gasteiger partial charge in [0.1, 0.15) is 5.54 Å². The minimum Gasteiger partial charge on any atom is -0.368 e. The van der Waals surface area contributed by atoms with E-state index in [0.717, 1.165) is 25.6 Å². The first-order valence-electron chi connectivity index (χ1n) is 7.97. The number of hydrogen-bond donors (Lipinski definition) is 2. The molecule has 1 atom stereocenters. The van der Waals surface area contributed by atoms with Gasteiger partial charge in [-0.25, -0.2) is 0 Å². The third kappa shape index (κ3) is 3.93. The first kappa shape index (κ1) is 15.7. The first-order chi connectivity index (χ1) is 9.53. The molecule has 3 N–H and O–H groups in total. The Morgan fingerprint density at radius 3 is 2.30 bits per heavy atom. The van der Waals surface area contributed by atoms with Crippen LogP contribution in [0.3, 0.4) is 0 Å². The highest BCUT2D eigenvalue weighted by Crippen LogP contribution is 2.21. The molecule has 2 heterocycles. The van der Waals surface area contributed by atoms with Gasteiger partial charge in [-0.3, -0.25) is 4.79 Å². The van der Waals surface area contributed by atoms with E-state index in [1.807, 2.05) is 14.0 Å². The fourth-order valence-corrected chi connectivity index (χ4v) is 3.38. The molecule has 0 radical (unpaired) electrons. The van der Waals surface area contributed by atoms with Gasteiger partial charge in [0.15, 0.2) is 0 Å². The van der Waals surface area contributed by atoms with Crippen LogP contribution in [0.5, 0.6) is 0 Å². The number of carbonyl (C=O) groups excluding carboxylic acids is 1. The van der Waals surface area contributed by atoms with Gasteiger partial charge in [-0.1, -0.05) is 0 Å². The van der Waals surface area contributed by atoms with Crippen molar-refractivity contribution in [2.24, 2.45) is 11.7 Å². The molecule has 0 aromatic rings. The fourth-order valence-electron chi connectivity index (χ4n) is 3.38. The van der Waals surface area contributed by atoms with Crippen LogP contribution in [0, 0.1) is 5.92 Å². The monoisotopic (exact) mass is 282 g/mol. The van der Waals surface area contributed by atoms with Crippen LogP contribution >= 0.6 is 0 Å². The SMILES string of the molecule is CNC(C)(CN1CCC(CN2CCCC2)CC1)C(N)=O. The molecule has 0 aromatic carbocycles. The standard InChI is InChI=1S/C15H30N4O/c1-15(17-2,14(16)20)12-19-9-5-13(6-10-19)11-18-7-3-4-8-18/h13,17H,3-12H2,1-2H3,(H2,16,20). The maximum absolute atomic E-state index is 11.5. The van der Waals surface area contributed by atoms with Crippen molar-refractivity contribution in [3.63, 3.8) is 0 Å². The van der Waals surface area contributed by atoms with Crippen molar-refractivity contribution in [2.75, 3.05) is 46.3 Å². The molecule has 2 rings (SSSR count). The normalized spacial score (nSPS) is 25.7. The lowest BCUT2D eigenvalue weighted by atomic mass is 9.93. The molecule has 20 heavy (non-hydrogen) atoms. The molecular formula is C15H30N4O. The second-order valence-corrected chi connectivity index (χ2v) is 6.67. The lowest BCUT2D eigenvalue weighted by Gasteiger charge is -2.38. The van der Waals surface area contributed by atoms with Gasteiger partial charge in [0.05, 0.1) is 0 Å². The number of likely N-dealkylation sites (tertiary alicyclic amines) is 2. The summed E-state index contributed by atoms with van der Waals surface area (Å²) in [5.74, 6) is 0.568. The van der Waals surface area contributed by atoms with Crippen molar-refractivity contribution in [1.82, 2.24) is 15.1 Å². The van der Waals surface area contributed by atoms with E-state index in [2.05, 4.69) is 15.1 Å². The Morgan fingerprint density at radius 1 is 1.20 bits per heavy atom. The average Bonchev–Trinajstić information content (AvgIpc) is 2.93. The van der Waals surface area contributed by atoms with Crippen molar-refractivity contribution in [2.45, 2.75) is 38.1 Å². The Bertz CT molecular complexity index is 322. The first-order valence-corrected chi connectivity index (χ1v) is 7.97. The summed E-state index contributed by atoms with van der Waals surface area (Å²) in [6.07, 6.45) is 5.24. The van der Waals surface area contributed by atoms with Gasteiger partial charge in [-0.05, 0) is 71.8 Å². The van der Waals surface area contributed by atoms with Gasteiger partial charge in [0, 0.05) is 13.1 Å².